The first-order chi connectivity index (χ1) is 16.1. The van der Waals surface area contributed by atoms with Gasteiger partial charge >= 0.3 is 0 Å². The second kappa shape index (κ2) is 10.3. The van der Waals surface area contributed by atoms with Gasteiger partial charge in [0.2, 0.25) is 5.91 Å². The Morgan fingerprint density at radius 3 is 2.12 bits per heavy atom. The molecule has 7 heteroatoms. The number of rotatable bonds is 7. The van der Waals surface area contributed by atoms with Crippen LogP contribution >= 0.6 is 0 Å². The molecule has 0 fully saturated rings. The molecule has 0 saturated heterocycles. The van der Waals surface area contributed by atoms with E-state index in [0.717, 1.165) is 11.1 Å². The first kappa shape index (κ1) is 24.6. The van der Waals surface area contributed by atoms with Gasteiger partial charge < -0.3 is 25.2 Å². The number of hydrogen-bond donors (Lipinski definition) is 3. The van der Waals surface area contributed by atoms with Crippen LogP contribution in [-0.4, -0.2) is 31.1 Å². The number of anilines is 2. The molecule has 0 aliphatic carbocycles. The van der Waals surface area contributed by atoms with Gasteiger partial charge in [0.1, 0.15) is 5.75 Å². The Bertz CT molecular complexity index is 1180. The number of aromatic hydroxyl groups is 1. The zero-order valence-electron chi connectivity index (χ0n) is 20.1. The SMILES string of the molecule is COc1ccc(CC(=O)Nc2ccc(NC(=O)c3ccc(C(C)(C)C)cc3)c(O)c2)cc1OC. The average molecular weight is 463 g/mol. The lowest BCUT2D eigenvalue weighted by Gasteiger charge is -2.19. The van der Waals surface area contributed by atoms with E-state index in [0.29, 0.717) is 22.7 Å². The van der Waals surface area contributed by atoms with Crippen molar-refractivity contribution in [1.29, 1.82) is 0 Å². The third kappa shape index (κ3) is 6.07. The molecule has 0 radical (unpaired) electrons. The fraction of sp³-hybridized carbons (Fsp3) is 0.259. The van der Waals surface area contributed by atoms with Crippen LogP contribution in [0.1, 0.15) is 42.3 Å². The number of benzene rings is 3. The highest BCUT2D eigenvalue weighted by Gasteiger charge is 2.15. The van der Waals surface area contributed by atoms with Crippen LogP contribution < -0.4 is 20.1 Å². The Labute approximate surface area is 199 Å². The normalized spacial score (nSPS) is 11.0. The van der Waals surface area contributed by atoms with E-state index in [4.69, 9.17) is 9.47 Å². The van der Waals surface area contributed by atoms with Gasteiger partial charge in [0, 0.05) is 17.3 Å². The molecular weight excluding hydrogens is 432 g/mol. The van der Waals surface area contributed by atoms with Crippen molar-refractivity contribution in [3.8, 4) is 17.2 Å². The molecule has 3 rings (SSSR count). The Morgan fingerprint density at radius 2 is 1.53 bits per heavy atom. The Kier molecular flexibility index (Phi) is 7.46. The molecule has 0 heterocycles. The lowest BCUT2D eigenvalue weighted by atomic mass is 9.87. The van der Waals surface area contributed by atoms with Crippen molar-refractivity contribution < 1.29 is 24.2 Å². The quantitative estimate of drug-likeness (QED) is 0.423. The molecule has 0 aromatic heterocycles. The van der Waals surface area contributed by atoms with Crippen LogP contribution in [-0.2, 0) is 16.6 Å². The van der Waals surface area contributed by atoms with E-state index in [2.05, 4.69) is 31.4 Å². The minimum absolute atomic E-state index is 0.00696. The monoisotopic (exact) mass is 462 g/mol. The Balaban J connectivity index is 1.63. The number of hydrogen-bond acceptors (Lipinski definition) is 5. The molecule has 7 nitrogen and oxygen atoms in total. The molecule has 0 saturated carbocycles. The largest absolute Gasteiger partial charge is 0.506 e. The molecule has 178 valence electrons. The molecule has 3 aromatic rings. The average Bonchev–Trinajstić information content (AvgIpc) is 2.80. The minimum atomic E-state index is -0.332. The highest BCUT2D eigenvalue weighted by Crippen LogP contribution is 2.29. The number of phenols is 1. The highest BCUT2D eigenvalue weighted by molar-refractivity contribution is 6.05. The summed E-state index contributed by atoms with van der Waals surface area (Å²) in [5.74, 6) is 0.380. The van der Waals surface area contributed by atoms with Gasteiger partial charge in [-0.05, 0) is 52.9 Å². The van der Waals surface area contributed by atoms with Crippen LogP contribution in [0.4, 0.5) is 11.4 Å². The van der Waals surface area contributed by atoms with Crippen molar-refractivity contribution in [3.63, 3.8) is 0 Å². The lowest BCUT2D eigenvalue weighted by Crippen LogP contribution is -2.15. The van der Waals surface area contributed by atoms with Gasteiger partial charge in [-0.25, -0.2) is 0 Å². The predicted octanol–water partition coefficient (Wildman–Crippen LogP) is 5.14. The van der Waals surface area contributed by atoms with E-state index in [9.17, 15) is 14.7 Å². The Hall–Kier alpha value is -4.00. The van der Waals surface area contributed by atoms with E-state index in [1.165, 1.54) is 13.2 Å². The van der Waals surface area contributed by atoms with E-state index < -0.39 is 0 Å². The second-order valence-corrected chi connectivity index (χ2v) is 8.93. The summed E-state index contributed by atoms with van der Waals surface area (Å²) >= 11 is 0. The number of ether oxygens (including phenoxy) is 2. The smallest absolute Gasteiger partial charge is 0.255 e. The van der Waals surface area contributed by atoms with Crippen LogP contribution in [0.2, 0.25) is 0 Å². The number of amides is 2. The predicted molar refractivity (Wildman–Crippen MR) is 133 cm³/mol. The van der Waals surface area contributed by atoms with E-state index in [1.54, 1.807) is 49.6 Å². The summed E-state index contributed by atoms with van der Waals surface area (Å²) in [4.78, 5) is 25.0. The first-order valence-electron chi connectivity index (χ1n) is 10.9. The number of methoxy groups -OCH3 is 2. The molecule has 0 bridgehead atoms. The summed E-state index contributed by atoms with van der Waals surface area (Å²) in [6.45, 7) is 6.32. The third-order valence-corrected chi connectivity index (χ3v) is 5.36. The molecule has 3 N–H and O–H groups in total. The number of nitrogens with one attached hydrogen (secondary N) is 2. The van der Waals surface area contributed by atoms with Crippen LogP contribution in [0.3, 0.4) is 0 Å². The van der Waals surface area contributed by atoms with Crippen molar-refractivity contribution in [1.82, 2.24) is 0 Å². The molecule has 34 heavy (non-hydrogen) atoms. The summed E-state index contributed by atoms with van der Waals surface area (Å²) in [7, 11) is 3.08. The maximum atomic E-state index is 12.6. The molecule has 3 aromatic carbocycles. The summed E-state index contributed by atoms with van der Waals surface area (Å²) < 4.78 is 10.5. The molecule has 0 aliphatic heterocycles. The summed E-state index contributed by atoms with van der Waals surface area (Å²) in [6, 6.07) is 17.2. The van der Waals surface area contributed by atoms with Gasteiger partial charge in [0.05, 0.1) is 26.3 Å². The molecule has 0 unspecified atom stereocenters. The molecular formula is C27H30N2O5. The zero-order valence-corrected chi connectivity index (χ0v) is 20.1. The van der Waals surface area contributed by atoms with Gasteiger partial charge in [0.15, 0.2) is 11.5 Å². The number of carbonyl (C=O) groups excluding carboxylic acids is 2. The van der Waals surface area contributed by atoms with Crippen molar-refractivity contribution in [2.24, 2.45) is 0 Å². The summed E-state index contributed by atoms with van der Waals surface area (Å²) in [5, 5.41) is 15.8. The fourth-order valence-electron chi connectivity index (χ4n) is 3.41. The van der Waals surface area contributed by atoms with Gasteiger partial charge in [-0.1, -0.05) is 39.0 Å². The topological polar surface area (TPSA) is 96.9 Å². The molecule has 0 aliphatic rings. The fourth-order valence-corrected chi connectivity index (χ4v) is 3.41. The molecule has 0 atom stereocenters. The van der Waals surface area contributed by atoms with Gasteiger partial charge in [-0.15, -0.1) is 0 Å². The van der Waals surface area contributed by atoms with Crippen molar-refractivity contribution in [2.75, 3.05) is 24.9 Å². The first-order valence-corrected chi connectivity index (χ1v) is 10.9. The van der Waals surface area contributed by atoms with E-state index in [1.807, 2.05) is 12.1 Å². The third-order valence-electron chi connectivity index (χ3n) is 5.36. The van der Waals surface area contributed by atoms with Crippen LogP contribution in [0.15, 0.2) is 60.7 Å². The standard InChI is InChI=1S/C27H30N2O5/c1-27(2,3)19-9-7-18(8-10-19)26(32)29-21-12-11-20(16-22(21)30)28-25(31)15-17-6-13-23(33-4)24(14-17)34-5/h6-14,16,30H,15H2,1-5H3,(H,28,31)(H,29,32). The molecule has 2 amide bonds. The van der Waals surface area contributed by atoms with Crippen LogP contribution in [0, 0.1) is 0 Å². The zero-order chi connectivity index (χ0) is 24.9. The van der Waals surface area contributed by atoms with Gasteiger partial charge in [0.25, 0.3) is 5.91 Å². The number of phenolic OH excluding ortho intramolecular Hbond substituents is 1. The van der Waals surface area contributed by atoms with Crippen LogP contribution in [0.5, 0.6) is 17.2 Å². The van der Waals surface area contributed by atoms with E-state index >= 15 is 0 Å². The van der Waals surface area contributed by atoms with E-state index in [-0.39, 0.29) is 35.1 Å². The second-order valence-electron chi connectivity index (χ2n) is 8.93. The summed E-state index contributed by atoms with van der Waals surface area (Å²) in [6.07, 6.45) is 0.115. The van der Waals surface area contributed by atoms with Gasteiger partial charge in [-0.3, -0.25) is 9.59 Å². The van der Waals surface area contributed by atoms with Crippen molar-refractivity contribution in [3.05, 3.63) is 77.4 Å². The Morgan fingerprint density at radius 1 is 0.853 bits per heavy atom. The summed E-state index contributed by atoms with van der Waals surface area (Å²) in [5.41, 5.74) is 3.02. The molecule has 0 spiro atoms. The van der Waals surface area contributed by atoms with Gasteiger partial charge in [-0.2, -0.15) is 0 Å². The highest BCUT2D eigenvalue weighted by atomic mass is 16.5. The van der Waals surface area contributed by atoms with Crippen LogP contribution in [0.25, 0.3) is 0 Å². The lowest BCUT2D eigenvalue weighted by molar-refractivity contribution is -0.115. The van der Waals surface area contributed by atoms with Crippen molar-refractivity contribution >= 4 is 23.2 Å². The maximum Gasteiger partial charge on any atom is 0.255 e. The maximum absolute atomic E-state index is 12.6. The minimum Gasteiger partial charge on any atom is -0.506 e. The number of carbonyl (C=O) groups is 2. The van der Waals surface area contributed by atoms with Crippen molar-refractivity contribution in [2.45, 2.75) is 32.6 Å².